The van der Waals surface area contributed by atoms with Crippen LogP contribution in [-0.2, 0) is 5.41 Å². The van der Waals surface area contributed by atoms with Crippen LogP contribution < -0.4 is 15.6 Å². The molecule has 3 aliphatic heterocycles. The Balaban J connectivity index is 1.44. The van der Waals surface area contributed by atoms with Gasteiger partial charge in [-0.1, -0.05) is 86.0 Å². The van der Waals surface area contributed by atoms with Crippen LogP contribution in [0.2, 0.25) is 0 Å². The molecule has 218 valence electrons. The molecule has 2 aromatic heterocycles. The molecule has 0 saturated carbocycles. The van der Waals surface area contributed by atoms with Crippen molar-refractivity contribution >= 4 is 52.0 Å². The zero-order valence-corrected chi connectivity index (χ0v) is 26.2. The molecule has 0 saturated heterocycles. The third-order valence-electron chi connectivity index (χ3n) is 9.13. The maximum absolute atomic E-state index is 7.03. The number of aliphatic imine (C=N–C) groups is 2. The smallest absolute Gasteiger partial charge is 0.523 e. The van der Waals surface area contributed by atoms with Gasteiger partial charge in [0.15, 0.2) is 11.7 Å². The van der Waals surface area contributed by atoms with Crippen molar-refractivity contribution in [3.8, 4) is 5.75 Å². The van der Waals surface area contributed by atoms with Crippen LogP contribution in [0.5, 0.6) is 5.75 Å². The zero-order chi connectivity index (χ0) is 30.8. The molecule has 4 bridgehead atoms. The molecule has 7 nitrogen and oxygen atoms in total. The highest BCUT2D eigenvalue weighted by Gasteiger charge is 2.40. The lowest BCUT2D eigenvalue weighted by molar-refractivity contribution is 0.527. The number of fused-ring (bicyclic) bond motifs is 10. The predicted octanol–water partition coefficient (Wildman–Crippen LogP) is 7.02. The fourth-order valence-corrected chi connectivity index (χ4v) is 6.78. The molecule has 6 aromatic rings. The summed E-state index contributed by atoms with van der Waals surface area (Å²) >= 11 is 0. The summed E-state index contributed by atoms with van der Waals surface area (Å²) in [5.74, 6) is 3.63. The topological polar surface area (TPSA) is 68.5 Å². The fourth-order valence-electron chi connectivity index (χ4n) is 6.78. The van der Waals surface area contributed by atoms with E-state index in [0.717, 1.165) is 77.7 Å². The van der Waals surface area contributed by atoms with E-state index in [1.807, 2.05) is 0 Å². The van der Waals surface area contributed by atoms with Gasteiger partial charge < -0.3 is 4.65 Å². The van der Waals surface area contributed by atoms with Crippen LogP contribution in [0.4, 0.5) is 11.6 Å². The van der Waals surface area contributed by atoms with Crippen molar-refractivity contribution in [2.75, 3.05) is 0 Å². The van der Waals surface area contributed by atoms with E-state index in [1.54, 1.807) is 0 Å². The first kappa shape index (κ1) is 26.2. The van der Waals surface area contributed by atoms with Crippen LogP contribution in [0.25, 0.3) is 21.5 Å². The minimum absolute atomic E-state index is 0.0360. The summed E-state index contributed by atoms with van der Waals surface area (Å²) in [4.78, 5) is 21.1. The van der Waals surface area contributed by atoms with Gasteiger partial charge in [0.05, 0.1) is 0 Å². The van der Waals surface area contributed by atoms with Crippen molar-refractivity contribution in [1.82, 2.24) is 8.96 Å². The molecule has 0 spiro atoms. The van der Waals surface area contributed by atoms with Crippen molar-refractivity contribution in [2.45, 2.75) is 47.0 Å². The van der Waals surface area contributed by atoms with E-state index in [4.69, 9.17) is 24.6 Å². The van der Waals surface area contributed by atoms with Crippen LogP contribution in [0, 0.1) is 20.8 Å². The number of aromatic nitrogens is 2. The summed E-state index contributed by atoms with van der Waals surface area (Å²) in [7, 11) is -0.630. The molecule has 0 fully saturated rings. The van der Waals surface area contributed by atoms with E-state index in [1.165, 1.54) is 5.56 Å². The molecule has 9 rings (SSSR count). The SMILES string of the molecule is Cc1ccc2c(c1)C1=Nc3c4cc(C)ccc4c4n3B(Oc3ccc(C(C)(C)C)cc3)n3c(c5cc(C)ccc5c3=N4)=NC2=N1. The number of hydrogen-bond donors (Lipinski definition) is 0. The van der Waals surface area contributed by atoms with Crippen molar-refractivity contribution < 1.29 is 4.65 Å². The predicted molar refractivity (Wildman–Crippen MR) is 182 cm³/mol. The fraction of sp³-hybridized carbons (Fsp3) is 0.189. The third-order valence-corrected chi connectivity index (χ3v) is 9.13. The minimum Gasteiger partial charge on any atom is -0.523 e. The average molecular weight is 587 g/mol. The largest absolute Gasteiger partial charge is 0.633 e. The molecule has 0 N–H and O–H groups in total. The summed E-state index contributed by atoms with van der Waals surface area (Å²) in [5.41, 5.74) is 8.27. The molecule has 0 atom stereocenters. The van der Waals surface area contributed by atoms with Gasteiger partial charge in [0.25, 0.3) is 0 Å². The van der Waals surface area contributed by atoms with Crippen LogP contribution in [-0.4, -0.2) is 27.8 Å². The van der Waals surface area contributed by atoms with E-state index >= 15 is 0 Å². The molecule has 8 heteroatoms. The van der Waals surface area contributed by atoms with Crippen molar-refractivity contribution in [3.05, 3.63) is 123 Å². The quantitative estimate of drug-likeness (QED) is 0.201. The lowest BCUT2D eigenvalue weighted by Gasteiger charge is -2.24. The molecular formula is C37H31BN6O. The highest BCUT2D eigenvalue weighted by Crippen LogP contribution is 2.41. The first-order valence-electron chi connectivity index (χ1n) is 15.4. The Bertz CT molecular complexity index is 2470. The van der Waals surface area contributed by atoms with E-state index in [0.29, 0.717) is 11.7 Å². The first-order chi connectivity index (χ1) is 21.6. The maximum Gasteiger partial charge on any atom is 0.633 e. The highest BCUT2D eigenvalue weighted by molar-refractivity contribution is 6.52. The van der Waals surface area contributed by atoms with Crippen LogP contribution in [0.15, 0.2) is 98.8 Å². The Morgan fingerprint density at radius 1 is 0.556 bits per heavy atom. The number of benzene rings is 4. The summed E-state index contributed by atoms with van der Waals surface area (Å²) in [6.45, 7) is 13.0. The van der Waals surface area contributed by atoms with Gasteiger partial charge in [-0.15, -0.1) is 0 Å². The number of rotatable bonds is 2. The maximum atomic E-state index is 7.03. The summed E-state index contributed by atoms with van der Waals surface area (Å²) in [6.07, 6.45) is 0. The van der Waals surface area contributed by atoms with Gasteiger partial charge in [0.1, 0.15) is 28.4 Å². The number of aryl methyl sites for hydroxylation is 3. The van der Waals surface area contributed by atoms with Gasteiger partial charge in [-0.2, -0.15) is 0 Å². The second-order valence-corrected chi connectivity index (χ2v) is 13.5. The van der Waals surface area contributed by atoms with E-state index < -0.39 is 7.19 Å². The molecule has 0 unspecified atom stereocenters. The lowest BCUT2D eigenvalue weighted by atomic mass is 9.87. The standard InChI is InChI=1S/C37H31BN6O/c1-20-7-14-25-28(17-20)32-39-31(25)40-35-29-18-21(2)8-15-26(29)33-42-34-27-16-9-22(3)19-30(27)36(41-32)44(34)38(43(33)35)45-24-12-10-23(11-13-24)37(4,5)6/h7-19H,1-6H3. The van der Waals surface area contributed by atoms with Crippen molar-refractivity contribution in [3.63, 3.8) is 0 Å². The molecular weight excluding hydrogens is 555 g/mol. The zero-order valence-electron chi connectivity index (χ0n) is 26.2. The van der Waals surface area contributed by atoms with Gasteiger partial charge in [-0.3, -0.25) is 8.96 Å². The lowest BCUT2D eigenvalue weighted by Crippen LogP contribution is -2.52. The monoisotopic (exact) mass is 586 g/mol. The van der Waals surface area contributed by atoms with Crippen LogP contribution >= 0.6 is 0 Å². The number of nitrogens with zero attached hydrogens (tertiary/aromatic N) is 6. The summed E-state index contributed by atoms with van der Waals surface area (Å²) in [5, 5.41) is 4.07. The van der Waals surface area contributed by atoms with Crippen LogP contribution in [0.3, 0.4) is 0 Å². The van der Waals surface area contributed by atoms with Gasteiger partial charge >= 0.3 is 7.19 Å². The van der Waals surface area contributed by atoms with Gasteiger partial charge in [0.2, 0.25) is 0 Å². The van der Waals surface area contributed by atoms with Crippen molar-refractivity contribution in [1.29, 1.82) is 0 Å². The van der Waals surface area contributed by atoms with E-state index in [-0.39, 0.29) is 5.41 Å². The third kappa shape index (κ3) is 3.78. The molecule has 0 aliphatic carbocycles. The average Bonchev–Trinajstić information content (AvgIpc) is 3.60. The summed E-state index contributed by atoms with van der Waals surface area (Å²) in [6, 6.07) is 27.7. The minimum atomic E-state index is -0.630. The Morgan fingerprint density at radius 2 is 1.18 bits per heavy atom. The molecule has 3 aliphatic rings. The summed E-state index contributed by atoms with van der Waals surface area (Å²) < 4.78 is 11.3. The van der Waals surface area contributed by atoms with Crippen LogP contribution in [0.1, 0.15) is 54.2 Å². The Labute approximate surface area is 261 Å². The Morgan fingerprint density at radius 3 is 1.93 bits per heavy atom. The molecule has 4 aromatic carbocycles. The Kier molecular flexibility index (Phi) is 5.19. The molecule has 0 radical (unpaired) electrons. The highest BCUT2D eigenvalue weighted by atomic mass is 16.5. The number of amidine groups is 2. The Hall–Kier alpha value is -5.24. The van der Waals surface area contributed by atoms with Gasteiger partial charge in [-0.25, -0.2) is 20.0 Å². The van der Waals surface area contributed by atoms with Gasteiger partial charge in [-0.05, 0) is 62.1 Å². The van der Waals surface area contributed by atoms with Gasteiger partial charge in [0, 0.05) is 32.7 Å². The second kappa shape index (κ2) is 8.91. The molecule has 5 heterocycles. The molecule has 0 amide bonds. The number of hydrogen-bond acceptors (Lipinski definition) is 5. The second-order valence-electron chi connectivity index (χ2n) is 13.5. The van der Waals surface area contributed by atoms with E-state index in [2.05, 4.69) is 129 Å². The normalized spacial score (nSPS) is 14.6. The first-order valence-corrected chi connectivity index (χ1v) is 15.4. The van der Waals surface area contributed by atoms with E-state index in [9.17, 15) is 0 Å². The van der Waals surface area contributed by atoms with Crippen molar-refractivity contribution in [2.24, 2.45) is 20.0 Å². The molecule has 45 heavy (non-hydrogen) atoms.